The molecular weight excluding hydrogens is 356 g/mol. The van der Waals surface area contributed by atoms with Crippen LogP contribution < -0.4 is 0 Å². The number of carbonyl (C=O) groups is 2. The second-order valence-corrected chi connectivity index (χ2v) is 6.99. The minimum absolute atomic E-state index is 0.0530. The number of para-hydroxylation sites is 1. The van der Waals surface area contributed by atoms with E-state index in [0.717, 1.165) is 16.5 Å². The number of hydrogen-bond acceptors (Lipinski definition) is 5. The van der Waals surface area contributed by atoms with Crippen molar-refractivity contribution >= 4 is 22.9 Å². The van der Waals surface area contributed by atoms with Crippen molar-refractivity contribution < 1.29 is 14.3 Å². The highest BCUT2D eigenvalue weighted by Crippen LogP contribution is 2.27. The Hall–Kier alpha value is -3.48. The van der Waals surface area contributed by atoms with Crippen molar-refractivity contribution in [1.82, 2.24) is 19.8 Å². The molecule has 28 heavy (non-hydrogen) atoms. The average molecular weight is 374 g/mol. The molecule has 0 N–H and O–H groups in total. The van der Waals surface area contributed by atoms with Gasteiger partial charge < -0.3 is 9.64 Å². The molecule has 2 aromatic heterocycles. The van der Waals surface area contributed by atoms with Crippen LogP contribution in [-0.4, -0.2) is 64.1 Å². The highest BCUT2D eigenvalue weighted by Gasteiger charge is 2.39. The van der Waals surface area contributed by atoms with E-state index in [0.29, 0.717) is 37.5 Å². The molecule has 1 atom stereocenters. The fourth-order valence-electron chi connectivity index (χ4n) is 3.86. The third-order valence-electron chi connectivity index (χ3n) is 5.31. The molecule has 0 unspecified atom stereocenters. The molecule has 5 rings (SSSR count). The van der Waals surface area contributed by atoms with Crippen LogP contribution >= 0.6 is 0 Å². The van der Waals surface area contributed by atoms with E-state index in [1.54, 1.807) is 22.2 Å². The Kier molecular flexibility index (Phi) is 3.93. The van der Waals surface area contributed by atoms with Crippen LogP contribution in [0.2, 0.25) is 0 Å². The van der Waals surface area contributed by atoms with Crippen LogP contribution in [0.5, 0.6) is 0 Å². The molecule has 2 amide bonds. The summed E-state index contributed by atoms with van der Waals surface area (Å²) in [5, 5.41) is 0.821. The lowest BCUT2D eigenvalue weighted by molar-refractivity contribution is 0.0619. The lowest BCUT2D eigenvalue weighted by Gasteiger charge is -2.35. The molecule has 1 aromatic carbocycles. The van der Waals surface area contributed by atoms with Crippen LogP contribution in [0.3, 0.4) is 0 Å². The molecule has 2 aliphatic rings. The molecule has 0 bridgehead atoms. The van der Waals surface area contributed by atoms with Crippen molar-refractivity contribution in [1.29, 1.82) is 0 Å². The Morgan fingerprint density at radius 1 is 1.14 bits per heavy atom. The number of amides is 2. The summed E-state index contributed by atoms with van der Waals surface area (Å²) >= 11 is 0. The van der Waals surface area contributed by atoms with E-state index in [9.17, 15) is 9.59 Å². The minimum atomic E-state index is -0.287. The fraction of sp³-hybridized carbons (Fsp3) is 0.238. The molecule has 3 aromatic rings. The lowest BCUT2D eigenvalue weighted by Crippen LogP contribution is -2.53. The smallest absolute Gasteiger partial charge is 0.410 e. The second-order valence-electron chi connectivity index (χ2n) is 6.99. The third kappa shape index (κ3) is 2.76. The highest BCUT2D eigenvalue weighted by atomic mass is 16.6. The van der Waals surface area contributed by atoms with E-state index < -0.39 is 0 Å². The number of pyridine rings is 2. The van der Waals surface area contributed by atoms with Crippen molar-refractivity contribution in [3.05, 3.63) is 60.4 Å². The number of benzene rings is 1. The van der Waals surface area contributed by atoms with Gasteiger partial charge in [0.15, 0.2) is 0 Å². The molecule has 0 spiro atoms. The van der Waals surface area contributed by atoms with Crippen molar-refractivity contribution in [2.75, 3.05) is 26.2 Å². The number of rotatable bonds is 2. The molecular formula is C21H18N4O3. The van der Waals surface area contributed by atoms with Crippen molar-refractivity contribution in [2.45, 2.75) is 6.04 Å². The molecule has 0 radical (unpaired) electrons. The summed E-state index contributed by atoms with van der Waals surface area (Å²) in [6.45, 7) is 1.79. The summed E-state index contributed by atoms with van der Waals surface area (Å²) < 4.78 is 5.11. The Balaban J connectivity index is 1.54. The first-order chi connectivity index (χ1) is 13.7. The number of hydrogen-bond donors (Lipinski definition) is 0. The van der Waals surface area contributed by atoms with Crippen molar-refractivity contribution in [2.24, 2.45) is 0 Å². The van der Waals surface area contributed by atoms with Gasteiger partial charge in [0.1, 0.15) is 6.61 Å². The lowest BCUT2D eigenvalue weighted by atomic mass is 10.0. The zero-order valence-corrected chi connectivity index (χ0v) is 15.1. The predicted molar refractivity (Wildman–Crippen MR) is 103 cm³/mol. The first-order valence-corrected chi connectivity index (χ1v) is 9.23. The summed E-state index contributed by atoms with van der Waals surface area (Å²) in [6, 6.07) is 13.2. The first-order valence-electron chi connectivity index (χ1n) is 9.23. The Bertz CT molecular complexity index is 1070. The molecule has 0 aliphatic carbocycles. The molecule has 140 valence electrons. The van der Waals surface area contributed by atoms with E-state index in [1.165, 1.54) is 0 Å². The molecule has 2 aliphatic heterocycles. The Morgan fingerprint density at radius 3 is 2.89 bits per heavy atom. The van der Waals surface area contributed by atoms with E-state index >= 15 is 0 Å². The quantitative estimate of drug-likeness (QED) is 0.689. The van der Waals surface area contributed by atoms with Crippen LogP contribution in [0.15, 0.2) is 54.9 Å². The van der Waals surface area contributed by atoms with E-state index in [4.69, 9.17) is 9.72 Å². The number of cyclic esters (lactones) is 1. The third-order valence-corrected chi connectivity index (χ3v) is 5.31. The largest absolute Gasteiger partial charge is 0.447 e. The summed E-state index contributed by atoms with van der Waals surface area (Å²) in [5.41, 5.74) is 2.96. The number of ether oxygens (including phenoxy) is 1. The number of aromatic nitrogens is 2. The van der Waals surface area contributed by atoms with Gasteiger partial charge >= 0.3 is 6.09 Å². The van der Waals surface area contributed by atoms with Crippen molar-refractivity contribution in [3.63, 3.8) is 0 Å². The van der Waals surface area contributed by atoms with Crippen LogP contribution in [0, 0.1) is 0 Å². The van der Waals surface area contributed by atoms with E-state index in [-0.39, 0.29) is 18.0 Å². The maximum absolute atomic E-state index is 13.4. The van der Waals surface area contributed by atoms with Gasteiger partial charge in [-0.25, -0.2) is 9.78 Å². The Morgan fingerprint density at radius 2 is 2.04 bits per heavy atom. The zero-order valence-electron chi connectivity index (χ0n) is 15.1. The van der Waals surface area contributed by atoms with Gasteiger partial charge in [0.25, 0.3) is 5.91 Å². The maximum Gasteiger partial charge on any atom is 0.410 e. The standard InChI is InChI=1S/C21H18N4O3/c26-20(24-8-9-25-15(12-24)13-28-21(25)27)17-10-19(14-4-3-7-22-11-14)23-18-6-2-1-5-16(17)18/h1-7,10-11,15H,8-9,12-13H2/t15-/m1/s1. The van der Waals surface area contributed by atoms with E-state index in [1.807, 2.05) is 42.5 Å². The highest BCUT2D eigenvalue weighted by molar-refractivity contribution is 6.07. The second kappa shape index (κ2) is 6.60. The van der Waals surface area contributed by atoms with Crippen molar-refractivity contribution in [3.8, 4) is 11.3 Å². The molecule has 7 heteroatoms. The van der Waals surface area contributed by atoms with Gasteiger partial charge in [-0.1, -0.05) is 18.2 Å². The topological polar surface area (TPSA) is 75.6 Å². The number of fused-ring (bicyclic) bond motifs is 2. The predicted octanol–water partition coefficient (Wildman–Crippen LogP) is 2.57. The summed E-state index contributed by atoms with van der Waals surface area (Å²) in [4.78, 5) is 37.5. The molecule has 2 saturated heterocycles. The fourth-order valence-corrected chi connectivity index (χ4v) is 3.86. The van der Waals surface area contributed by atoms with Gasteiger partial charge in [0.2, 0.25) is 0 Å². The monoisotopic (exact) mass is 374 g/mol. The van der Waals surface area contributed by atoms with Gasteiger partial charge in [-0.3, -0.25) is 14.7 Å². The first kappa shape index (κ1) is 16.7. The Labute approximate surface area is 161 Å². The summed E-state index contributed by atoms with van der Waals surface area (Å²) in [7, 11) is 0. The summed E-state index contributed by atoms with van der Waals surface area (Å²) in [6.07, 6.45) is 3.16. The average Bonchev–Trinajstić information content (AvgIpc) is 3.13. The number of carbonyl (C=O) groups excluding carboxylic acids is 2. The SMILES string of the molecule is O=C(c1cc(-c2cccnc2)nc2ccccc12)N1CCN2C(=O)OC[C@H]2C1. The van der Waals surface area contributed by atoms with Crippen LogP contribution in [0.4, 0.5) is 4.79 Å². The van der Waals surface area contributed by atoms with E-state index in [2.05, 4.69) is 4.98 Å². The molecule has 2 fully saturated rings. The number of nitrogens with zero attached hydrogens (tertiary/aromatic N) is 4. The van der Waals surface area contributed by atoms with Gasteiger partial charge in [-0.2, -0.15) is 0 Å². The van der Waals surface area contributed by atoms with Crippen LogP contribution in [-0.2, 0) is 4.74 Å². The molecule has 0 saturated carbocycles. The van der Waals surface area contributed by atoms with Crippen LogP contribution in [0.25, 0.3) is 22.2 Å². The van der Waals surface area contributed by atoms with Gasteiger partial charge in [0, 0.05) is 43.0 Å². The number of piperazine rings is 1. The van der Waals surface area contributed by atoms with Gasteiger partial charge in [-0.05, 0) is 24.3 Å². The van der Waals surface area contributed by atoms with Crippen LogP contribution in [0.1, 0.15) is 10.4 Å². The van der Waals surface area contributed by atoms with Gasteiger partial charge in [-0.15, -0.1) is 0 Å². The summed E-state index contributed by atoms with van der Waals surface area (Å²) in [5.74, 6) is -0.0530. The molecule has 7 nitrogen and oxygen atoms in total. The molecule has 4 heterocycles. The normalized spacial score (nSPS) is 18.9. The maximum atomic E-state index is 13.4. The minimum Gasteiger partial charge on any atom is -0.447 e. The zero-order chi connectivity index (χ0) is 19.1. The van der Waals surface area contributed by atoms with Gasteiger partial charge in [0.05, 0.1) is 22.8 Å².